The Labute approximate surface area is 277 Å². The van der Waals surface area contributed by atoms with Gasteiger partial charge in [-0.3, -0.25) is 0 Å². The summed E-state index contributed by atoms with van der Waals surface area (Å²) in [6, 6.07) is 59.0. The first-order chi connectivity index (χ1) is 23.7. The van der Waals surface area contributed by atoms with E-state index >= 15 is 0 Å². The first-order valence-electron chi connectivity index (χ1n) is 15.9. The summed E-state index contributed by atoms with van der Waals surface area (Å²) >= 11 is 0. The Morgan fingerprint density at radius 1 is 0.375 bits per heavy atom. The normalized spacial score (nSPS) is 11.3. The van der Waals surface area contributed by atoms with E-state index in [0.717, 1.165) is 66.5 Å². The average molecular weight is 611 g/mol. The molecule has 4 nitrogen and oxygen atoms in total. The van der Waals surface area contributed by atoms with Crippen molar-refractivity contribution in [1.29, 1.82) is 10.5 Å². The zero-order chi connectivity index (χ0) is 32.2. The molecule has 9 aromatic rings. The van der Waals surface area contributed by atoms with Crippen molar-refractivity contribution in [3.05, 3.63) is 169 Å². The summed E-state index contributed by atoms with van der Waals surface area (Å²) in [5.41, 5.74) is 11.8. The van der Waals surface area contributed by atoms with Gasteiger partial charge >= 0.3 is 0 Å². The second-order valence-electron chi connectivity index (χ2n) is 12.0. The first kappa shape index (κ1) is 27.4. The Kier molecular flexibility index (Phi) is 6.22. The van der Waals surface area contributed by atoms with Crippen LogP contribution in [0.5, 0.6) is 0 Å². The maximum Gasteiger partial charge on any atom is 0.0991 e. The number of hydrogen-bond donors (Lipinski definition) is 0. The van der Waals surface area contributed by atoms with Gasteiger partial charge in [0.25, 0.3) is 0 Å². The van der Waals surface area contributed by atoms with Gasteiger partial charge in [-0.25, -0.2) is 0 Å². The summed E-state index contributed by atoms with van der Waals surface area (Å²) in [4.78, 5) is 0. The highest BCUT2D eigenvalue weighted by atomic mass is 15.0. The van der Waals surface area contributed by atoms with Crippen LogP contribution in [0, 0.1) is 22.7 Å². The molecule has 0 saturated heterocycles. The number of benzene rings is 7. The third kappa shape index (κ3) is 4.14. The number of rotatable bonds is 4. The molecular weight excluding hydrogens is 585 g/mol. The molecule has 0 aliphatic heterocycles. The molecule has 4 heteroatoms. The Morgan fingerprint density at radius 3 is 1.65 bits per heavy atom. The molecule has 0 bridgehead atoms. The third-order valence-electron chi connectivity index (χ3n) is 9.38. The molecule has 0 aliphatic rings. The Bertz CT molecular complexity index is 2760. The molecular formula is C44H26N4. The number of para-hydroxylation sites is 4. The maximum absolute atomic E-state index is 10.0. The van der Waals surface area contributed by atoms with E-state index in [1.165, 1.54) is 10.8 Å². The van der Waals surface area contributed by atoms with Crippen LogP contribution in [0.3, 0.4) is 0 Å². The van der Waals surface area contributed by atoms with Crippen molar-refractivity contribution in [2.24, 2.45) is 0 Å². The van der Waals surface area contributed by atoms with Crippen molar-refractivity contribution >= 4 is 43.6 Å². The van der Waals surface area contributed by atoms with Crippen LogP contribution in [0.25, 0.3) is 77.2 Å². The fourth-order valence-electron chi connectivity index (χ4n) is 7.30. The fraction of sp³-hybridized carbons (Fsp3) is 0. The van der Waals surface area contributed by atoms with Crippen LogP contribution in [0.1, 0.15) is 11.1 Å². The molecule has 0 aliphatic carbocycles. The Morgan fingerprint density at radius 2 is 0.938 bits per heavy atom. The number of aromatic nitrogens is 2. The molecule has 0 saturated carbocycles. The molecule has 0 fully saturated rings. The first-order valence-corrected chi connectivity index (χ1v) is 15.9. The summed E-state index contributed by atoms with van der Waals surface area (Å²) < 4.78 is 4.61. The van der Waals surface area contributed by atoms with Crippen molar-refractivity contribution < 1.29 is 0 Å². The van der Waals surface area contributed by atoms with Crippen molar-refractivity contribution in [2.45, 2.75) is 0 Å². The lowest BCUT2D eigenvalue weighted by atomic mass is 9.91. The Hall–Kier alpha value is -6.88. The van der Waals surface area contributed by atoms with Crippen LogP contribution in [0.4, 0.5) is 0 Å². The van der Waals surface area contributed by atoms with Crippen molar-refractivity contribution in [2.75, 3.05) is 0 Å². The summed E-state index contributed by atoms with van der Waals surface area (Å²) in [6.07, 6.45) is 0. The number of hydrogen-bond acceptors (Lipinski definition) is 2. The second-order valence-corrected chi connectivity index (χ2v) is 12.0. The van der Waals surface area contributed by atoms with E-state index in [0.29, 0.717) is 11.1 Å². The average Bonchev–Trinajstić information content (AvgIpc) is 3.67. The molecule has 2 aromatic heterocycles. The number of fused-ring (bicyclic) bond motifs is 6. The van der Waals surface area contributed by atoms with E-state index in [-0.39, 0.29) is 0 Å². The molecule has 9 rings (SSSR count). The van der Waals surface area contributed by atoms with Gasteiger partial charge in [0.05, 0.1) is 51.0 Å². The lowest BCUT2D eigenvalue weighted by Crippen LogP contribution is -1.99. The second kappa shape index (κ2) is 10.9. The van der Waals surface area contributed by atoms with Gasteiger partial charge in [0.15, 0.2) is 0 Å². The van der Waals surface area contributed by atoms with Crippen molar-refractivity contribution in [1.82, 2.24) is 9.13 Å². The van der Waals surface area contributed by atoms with E-state index in [1.807, 2.05) is 42.5 Å². The van der Waals surface area contributed by atoms with Crippen LogP contribution in [-0.2, 0) is 0 Å². The molecule has 0 spiro atoms. The lowest BCUT2D eigenvalue weighted by molar-refractivity contribution is 1.18. The lowest BCUT2D eigenvalue weighted by Gasteiger charge is -2.18. The molecule has 48 heavy (non-hydrogen) atoms. The molecule has 0 radical (unpaired) electrons. The van der Waals surface area contributed by atoms with Gasteiger partial charge in [0, 0.05) is 32.8 Å². The minimum atomic E-state index is 0.600. The van der Waals surface area contributed by atoms with Gasteiger partial charge in [-0.05, 0) is 83.4 Å². The minimum absolute atomic E-state index is 0.600. The zero-order valence-corrected chi connectivity index (χ0v) is 25.8. The highest BCUT2D eigenvalue weighted by molar-refractivity contribution is 6.11. The number of nitriles is 2. The molecule has 222 valence electrons. The van der Waals surface area contributed by atoms with Crippen molar-refractivity contribution in [3.8, 4) is 45.8 Å². The predicted molar refractivity (Wildman–Crippen MR) is 195 cm³/mol. The molecule has 0 atom stereocenters. The molecule has 0 amide bonds. The molecule has 7 aromatic carbocycles. The van der Waals surface area contributed by atoms with Gasteiger partial charge in [0.1, 0.15) is 0 Å². The van der Waals surface area contributed by atoms with Gasteiger partial charge in [-0.1, -0.05) is 91.0 Å². The van der Waals surface area contributed by atoms with Crippen LogP contribution < -0.4 is 0 Å². The van der Waals surface area contributed by atoms with Gasteiger partial charge in [-0.2, -0.15) is 10.5 Å². The maximum atomic E-state index is 10.0. The fourth-order valence-corrected chi connectivity index (χ4v) is 7.30. The van der Waals surface area contributed by atoms with Gasteiger partial charge in [-0.15, -0.1) is 0 Å². The molecule has 0 unspecified atom stereocenters. The van der Waals surface area contributed by atoms with Crippen LogP contribution >= 0.6 is 0 Å². The minimum Gasteiger partial charge on any atom is -0.309 e. The van der Waals surface area contributed by atoms with Crippen LogP contribution in [0.2, 0.25) is 0 Å². The van der Waals surface area contributed by atoms with E-state index in [1.54, 1.807) is 0 Å². The number of nitrogens with zero attached hydrogens (tertiary/aromatic N) is 4. The monoisotopic (exact) mass is 610 g/mol. The third-order valence-corrected chi connectivity index (χ3v) is 9.38. The van der Waals surface area contributed by atoms with E-state index < -0.39 is 0 Å². The van der Waals surface area contributed by atoms with Crippen molar-refractivity contribution in [3.63, 3.8) is 0 Å². The molecule has 2 heterocycles. The van der Waals surface area contributed by atoms with Gasteiger partial charge in [0.2, 0.25) is 0 Å². The highest BCUT2D eigenvalue weighted by Gasteiger charge is 2.19. The zero-order valence-electron chi connectivity index (χ0n) is 25.8. The quantitative estimate of drug-likeness (QED) is 0.199. The summed E-state index contributed by atoms with van der Waals surface area (Å²) in [6.45, 7) is 0. The summed E-state index contributed by atoms with van der Waals surface area (Å²) in [7, 11) is 0. The largest absolute Gasteiger partial charge is 0.309 e. The summed E-state index contributed by atoms with van der Waals surface area (Å²) in [5, 5.41) is 24.3. The van der Waals surface area contributed by atoms with Gasteiger partial charge < -0.3 is 9.13 Å². The van der Waals surface area contributed by atoms with Crippen LogP contribution in [-0.4, -0.2) is 9.13 Å². The summed E-state index contributed by atoms with van der Waals surface area (Å²) in [5.74, 6) is 0. The van der Waals surface area contributed by atoms with E-state index in [4.69, 9.17) is 0 Å². The topological polar surface area (TPSA) is 57.4 Å². The Balaban J connectivity index is 1.29. The SMILES string of the molecule is N#Cc1ccc(-c2cccc(-n3c4ccccc4c4ccccc43)c2)c(-c2ccccc2-n2c3ccccc3c3cc(C#N)ccc32)c1. The standard InChI is InChI=1S/C44H26N4/c45-27-29-20-22-33(31-10-9-11-32(26-31)47-40-16-5-1-12-34(40)35-13-2-6-17-41(35)47)38(24-29)36-14-3-7-18-42(36)48-43-19-8-4-15-37(43)39-25-30(28-46)21-23-44(39)48/h1-26H. The van der Waals surface area contributed by atoms with Crippen LogP contribution in [0.15, 0.2) is 158 Å². The highest BCUT2D eigenvalue weighted by Crippen LogP contribution is 2.41. The van der Waals surface area contributed by atoms with E-state index in [2.05, 4.69) is 137 Å². The van der Waals surface area contributed by atoms with E-state index in [9.17, 15) is 10.5 Å². The predicted octanol–water partition coefficient (Wildman–Crippen LogP) is 11.0. The smallest absolute Gasteiger partial charge is 0.0991 e. The molecule has 0 N–H and O–H groups in total.